The van der Waals surface area contributed by atoms with Crippen molar-refractivity contribution < 1.29 is 9.53 Å². The number of unbranched alkanes of at least 4 members (excludes halogenated alkanes) is 1. The Hall–Kier alpha value is -5.00. The van der Waals surface area contributed by atoms with Gasteiger partial charge in [0.05, 0.1) is 5.54 Å². The normalized spacial score (nSPS) is 13.3. The molecule has 6 rings (SSSR count). The first-order valence-corrected chi connectivity index (χ1v) is 18.0. The summed E-state index contributed by atoms with van der Waals surface area (Å²) in [5.41, 5.74) is 12.9. The van der Waals surface area contributed by atoms with Crippen molar-refractivity contribution in [2.24, 2.45) is 5.73 Å². The van der Waals surface area contributed by atoms with Crippen LogP contribution in [0.15, 0.2) is 164 Å². The van der Waals surface area contributed by atoms with Gasteiger partial charge in [0.2, 0.25) is 0 Å². The molecule has 6 aromatic carbocycles. The number of ether oxygens (including phenoxy) is 1. The molecule has 0 saturated heterocycles. The number of rotatable bonds is 14. The number of carbonyl (C=O) groups is 1. The summed E-state index contributed by atoms with van der Waals surface area (Å²) in [5, 5.41) is 4.45. The Morgan fingerprint density at radius 1 is 0.608 bits per heavy atom. The zero-order valence-electron chi connectivity index (χ0n) is 29.3. The summed E-state index contributed by atoms with van der Waals surface area (Å²) in [6.07, 6.45) is 2.00. The summed E-state index contributed by atoms with van der Waals surface area (Å²) in [4.78, 5) is 14.1. The molecule has 0 radical (unpaired) electrons. The van der Waals surface area contributed by atoms with Gasteiger partial charge in [0, 0.05) is 21.7 Å². The number of benzene rings is 6. The van der Waals surface area contributed by atoms with E-state index in [0.717, 1.165) is 40.7 Å². The van der Waals surface area contributed by atoms with Gasteiger partial charge in [0.15, 0.2) is 5.60 Å². The van der Waals surface area contributed by atoms with Crippen LogP contribution >= 0.6 is 11.6 Å². The monoisotopic (exact) mass is 692 g/mol. The minimum absolute atomic E-state index is 0.468. The molecule has 0 fully saturated rings. The van der Waals surface area contributed by atoms with Gasteiger partial charge in [-0.05, 0) is 56.0 Å². The van der Waals surface area contributed by atoms with E-state index >= 15 is 0 Å². The molecule has 0 amide bonds. The molecule has 5 heteroatoms. The number of esters is 1. The van der Waals surface area contributed by atoms with Crippen molar-refractivity contribution in [1.82, 2.24) is 5.32 Å². The fraction of sp³-hybridized carbons (Fsp3) is 0.196. The molecule has 0 aliphatic heterocycles. The highest BCUT2D eigenvalue weighted by Crippen LogP contribution is 2.44. The van der Waals surface area contributed by atoms with Crippen LogP contribution in [0.5, 0.6) is 0 Å². The van der Waals surface area contributed by atoms with E-state index in [9.17, 15) is 4.79 Å². The van der Waals surface area contributed by atoms with Gasteiger partial charge < -0.3 is 10.5 Å². The van der Waals surface area contributed by atoms with Crippen LogP contribution in [0.25, 0.3) is 0 Å². The number of hydrogen-bond donors (Lipinski definition) is 2. The molecule has 1 unspecified atom stereocenters. The van der Waals surface area contributed by atoms with Gasteiger partial charge in [-0.3, -0.25) is 10.1 Å². The van der Waals surface area contributed by atoms with Crippen LogP contribution in [0, 0.1) is 13.8 Å². The van der Waals surface area contributed by atoms with E-state index in [4.69, 9.17) is 22.1 Å². The van der Waals surface area contributed by atoms with Crippen molar-refractivity contribution in [1.29, 1.82) is 0 Å². The maximum absolute atomic E-state index is 14.1. The number of nitrogens with one attached hydrogen (secondary N) is 1. The summed E-state index contributed by atoms with van der Waals surface area (Å²) >= 11 is 6.87. The zero-order chi connectivity index (χ0) is 35.7. The molecule has 0 saturated carbocycles. The molecule has 0 bridgehead atoms. The van der Waals surface area contributed by atoms with Crippen LogP contribution in [0.3, 0.4) is 0 Å². The first-order chi connectivity index (χ1) is 24.8. The number of aryl methyl sites for hydroxylation is 2. The molecule has 0 aliphatic rings. The Balaban J connectivity index is 1.23. The van der Waals surface area contributed by atoms with E-state index in [2.05, 4.69) is 85.0 Å². The Morgan fingerprint density at radius 2 is 1.04 bits per heavy atom. The topological polar surface area (TPSA) is 64.3 Å². The lowest BCUT2D eigenvalue weighted by Crippen LogP contribution is -2.45. The van der Waals surface area contributed by atoms with Gasteiger partial charge in [-0.25, -0.2) is 0 Å². The first kappa shape index (κ1) is 35.8. The van der Waals surface area contributed by atoms with Crippen LogP contribution in [0.4, 0.5) is 0 Å². The largest absolute Gasteiger partial charge is 0.443 e. The second kappa shape index (κ2) is 16.3. The molecular weight excluding hydrogens is 648 g/mol. The van der Waals surface area contributed by atoms with Gasteiger partial charge in [0.25, 0.3) is 0 Å². The molecule has 0 heterocycles. The number of halogens is 1. The lowest BCUT2D eigenvalue weighted by Gasteiger charge is -2.37. The van der Waals surface area contributed by atoms with Gasteiger partial charge in [-0.15, -0.1) is 0 Å². The molecule has 0 aromatic heterocycles. The first-order valence-electron chi connectivity index (χ1n) is 17.6. The third-order valence-electron chi connectivity index (χ3n) is 9.68. The van der Waals surface area contributed by atoms with Gasteiger partial charge in [-0.2, -0.15) is 0 Å². The Kier molecular flexibility index (Phi) is 11.5. The standard InChI is InChI=1S/C46H45ClN2O2/c1-34-25-29-38(30-26-34)45(36-16-6-3-7-17-36,37-18-8-4-9-19-37)49-33-15-14-24-43(48)44(50)51-46(39-20-10-5-11-21-39,40-31-27-35(2)28-32-40)41-22-12-13-23-42(41)47/h3-13,16-23,25-32,43,49H,14-15,24,33,48H2,1-2H3/t43-,46?/m0/s1. The smallest absolute Gasteiger partial charge is 0.324 e. The van der Waals surface area contributed by atoms with Crippen molar-refractivity contribution in [2.75, 3.05) is 6.54 Å². The van der Waals surface area contributed by atoms with Crippen molar-refractivity contribution in [3.8, 4) is 0 Å². The maximum Gasteiger partial charge on any atom is 0.324 e. The van der Waals surface area contributed by atoms with E-state index in [-0.39, 0.29) is 0 Å². The minimum Gasteiger partial charge on any atom is -0.443 e. The van der Waals surface area contributed by atoms with E-state index in [0.29, 0.717) is 23.6 Å². The molecule has 6 aromatic rings. The van der Waals surface area contributed by atoms with E-state index in [1.165, 1.54) is 11.1 Å². The average molecular weight is 693 g/mol. The number of nitrogens with two attached hydrogens (primary N) is 1. The second-order valence-corrected chi connectivity index (χ2v) is 13.6. The molecule has 3 N–H and O–H groups in total. The highest BCUT2D eigenvalue weighted by molar-refractivity contribution is 6.31. The van der Waals surface area contributed by atoms with Crippen molar-refractivity contribution in [2.45, 2.75) is 50.3 Å². The molecule has 2 atom stereocenters. The lowest BCUT2D eigenvalue weighted by molar-refractivity contribution is -0.155. The van der Waals surface area contributed by atoms with E-state index < -0.39 is 23.2 Å². The molecule has 4 nitrogen and oxygen atoms in total. The van der Waals surface area contributed by atoms with Crippen molar-refractivity contribution in [3.05, 3.63) is 213 Å². The molecule has 0 spiro atoms. The number of hydrogen-bond acceptors (Lipinski definition) is 4. The fourth-order valence-electron chi connectivity index (χ4n) is 6.95. The predicted octanol–water partition coefficient (Wildman–Crippen LogP) is 9.87. The Bertz CT molecular complexity index is 1960. The van der Waals surface area contributed by atoms with E-state index in [1.807, 2.05) is 97.9 Å². The van der Waals surface area contributed by atoms with Crippen LogP contribution < -0.4 is 11.1 Å². The van der Waals surface area contributed by atoms with Gasteiger partial charge in [0.1, 0.15) is 6.04 Å². The Morgan fingerprint density at radius 3 is 1.57 bits per heavy atom. The predicted molar refractivity (Wildman–Crippen MR) is 209 cm³/mol. The maximum atomic E-state index is 14.1. The van der Waals surface area contributed by atoms with Gasteiger partial charge >= 0.3 is 5.97 Å². The molecule has 51 heavy (non-hydrogen) atoms. The lowest BCUT2D eigenvalue weighted by atomic mass is 9.76. The third kappa shape index (κ3) is 7.69. The number of carbonyl (C=O) groups excluding carboxylic acids is 1. The summed E-state index contributed by atoms with van der Waals surface area (Å²) in [6.45, 7) is 4.85. The highest BCUT2D eigenvalue weighted by atomic mass is 35.5. The zero-order valence-corrected chi connectivity index (χ0v) is 30.0. The van der Waals surface area contributed by atoms with Crippen molar-refractivity contribution >= 4 is 17.6 Å². The van der Waals surface area contributed by atoms with E-state index in [1.54, 1.807) is 0 Å². The van der Waals surface area contributed by atoms with Crippen LogP contribution in [-0.4, -0.2) is 18.6 Å². The molecule has 258 valence electrons. The summed E-state index contributed by atoms with van der Waals surface area (Å²) in [7, 11) is 0. The molecular formula is C46H45ClN2O2. The van der Waals surface area contributed by atoms with Crippen molar-refractivity contribution in [3.63, 3.8) is 0 Å². The average Bonchev–Trinajstić information content (AvgIpc) is 3.17. The van der Waals surface area contributed by atoms with Gasteiger partial charge in [-0.1, -0.05) is 187 Å². The third-order valence-corrected chi connectivity index (χ3v) is 10.0. The summed E-state index contributed by atoms with van der Waals surface area (Å²) in [6, 6.07) is 54.4. The fourth-order valence-corrected chi connectivity index (χ4v) is 7.22. The van der Waals surface area contributed by atoms with Crippen LogP contribution in [0.2, 0.25) is 5.02 Å². The van der Waals surface area contributed by atoms with Crippen LogP contribution in [-0.2, 0) is 20.7 Å². The second-order valence-electron chi connectivity index (χ2n) is 13.2. The minimum atomic E-state index is -1.29. The SMILES string of the molecule is Cc1ccc(C(NCCCC[C@H](N)C(=O)OC(c2ccccc2)(c2ccc(C)cc2)c2ccccc2Cl)(c2ccccc2)c2ccccc2)cc1. The van der Waals surface area contributed by atoms with Crippen LogP contribution in [0.1, 0.15) is 63.8 Å². The summed E-state index contributed by atoms with van der Waals surface area (Å²) in [5.74, 6) is -0.477. The highest BCUT2D eigenvalue weighted by Gasteiger charge is 2.43. The summed E-state index contributed by atoms with van der Waals surface area (Å²) < 4.78 is 6.61. The molecule has 0 aliphatic carbocycles. The quantitative estimate of drug-likeness (QED) is 0.0678. The Labute approximate surface area is 307 Å².